The molecule has 74 valence electrons. The van der Waals surface area contributed by atoms with Gasteiger partial charge in [-0.1, -0.05) is 0 Å². The van der Waals surface area contributed by atoms with E-state index in [-0.39, 0.29) is 18.2 Å². The molecule has 0 aromatic heterocycles. The summed E-state index contributed by atoms with van der Waals surface area (Å²) >= 11 is 0. The normalized spacial score (nSPS) is 9.50. The smallest absolute Gasteiger partial charge is 0.269 e. The molecular weight excluding hydrogens is 184 g/mol. The molecule has 1 aromatic carbocycles. The Morgan fingerprint density at radius 3 is 2.50 bits per heavy atom. The van der Waals surface area contributed by atoms with Gasteiger partial charge in [-0.2, -0.15) is 0 Å². The van der Waals surface area contributed by atoms with E-state index < -0.39 is 4.92 Å². The molecule has 0 saturated carbocycles. The van der Waals surface area contributed by atoms with Crippen LogP contribution in [0.2, 0.25) is 0 Å². The van der Waals surface area contributed by atoms with Crippen LogP contribution >= 0.6 is 0 Å². The molecule has 0 amide bonds. The Balaban J connectivity index is 2.64. The van der Waals surface area contributed by atoms with Crippen LogP contribution in [0.25, 0.3) is 0 Å². The lowest BCUT2D eigenvalue weighted by Gasteiger charge is -2.02. The van der Waals surface area contributed by atoms with E-state index in [9.17, 15) is 10.1 Å². The van der Waals surface area contributed by atoms with Crippen LogP contribution in [0.3, 0.4) is 0 Å². The number of hydrogen-bond acceptors (Lipinski definition) is 4. The van der Waals surface area contributed by atoms with Crippen LogP contribution in [-0.4, -0.2) is 10.8 Å². The maximum atomic E-state index is 10.3. The van der Waals surface area contributed by atoms with E-state index in [4.69, 9.17) is 10.1 Å². The average Bonchev–Trinajstić information content (AvgIpc) is 2.15. The molecule has 1 rings (SSSR count). The number of nitrogens with zero attached hydrogens (tertiary/aromatic N) is 1. The van der Waals surface area contributed by atoms with Gasteiger partial charge in [-0.25, -0.2) is 0 Å². The fourth-order valence-electron chi connectivity index (χ4n) is 0.905. The Bertz CT molecular complexity index is 346. The van der Waals surface area contributed by atoms with Gasteiger partial charge >= 0.3 is 0 Å². The van der Waals surface area contributed by atoms with Crippen molar-refractivity contribution in [2.24, 2.45) is 0 Å². The predicted octanol–water partition coefficient (Wildman–Crippen LogP) is 2.11. The number of non-ortho nitro benzene ring substituents is 1. The summed E-state index contributed by atoms with van der Waals surface area (Å²) in [6.07, 6.45) is 0. The molecule has 0 aliphatic rings. The van der Waals surface area contributed by atoms with Gasteiger partial charge < -0.3 is 4.74 Å². The van der Waals surface area contributed by atoms with Crippen LogP contribution in [-0.2, 0) is 11.3 Å². The van der Waals surface area contributed by atoms with Crippen molar-refractivity contribution in [2.75, 3.05) is 0 Å². The van der Waals surface area contributed by atoms with Gasteiger partial charge in [0.25, 0.3) is 5.69 Å². The van der Waals surface area contributed by atoms with Crippen molar-refractivity contribution in [3.8, 4) is 0 Å². The first-order chi connectivity index (χ1) is 6.59. The zero-order valence-electron chi connectivity index (χ0n) is 7.69. The molecule has 0 fully saturated rings. The van der Waals surface area contributed by atoms with Crippen molar-refractivity contribution in [2.45, 2.75) is 13.5 Å². The molecule has 0 heterocycles. The minimum Gasteiger partial charge on any atom is -0.477 e. The fourth-order valence-corrected chi connectivity index (χ4v) is 0.905. The molecule has 0 saturated heterocycles. The lowest BCUT2D eigenvalue weighted by molar-refractivity contribution is -0.384. The van der Waals surface area contributed by atoms with Gasteiger partial charge in [0.1, 0.15) is 6.61 Å². The zero-order chi connectivity index (χ0) is 10.6. The van der Waals surface area contributed by atoms with Gasteiger partial charge in [0, 0.05) is 19.1 Å². The van der Waals surface area contributed by atoms with Crippen molar-refractivity contribution >= 4 is 11.6 Å². The number of nitro groups is 1. The third-order valence-electron chi connectivity index (χ3n) is 1.60. The van der Waals surface area contributed by atoms with Crippen molar-refractivity contribution in [1.82, 2.24) is 0 Å². The minimum atomic E-state index is -0.452. The number of benzene rings is 1. The maximum absolute atomic E-state index is 10.3. The molecule has 0 aliphatic carbocycles. The predicted molar refractivity (Wildman–Crippen MR) is 51.3 cm³/mol. The third-order valence-corrected chi connectivity index (χ3v) is 1.60. The second kappa shape index (κ2) is 4.36. The summed E-state index contributed by atoms with van der Waals surface area (Å²) in [5.74, 6) is 0.128. The standard InChI is InChI=1S/C9H10N2O3/c1-7(10)14-6-8-2-4-9(5-3-8)11(12)13/h2-5,10H,6H2,1H3. The van der Waals surface area contributed by atoms with Crippen molar-refractivity contribution in [3.63, 3.8) is 0 Å². The third kappa shape index (κ3) is 2.85. The van der Waals surface area contributed by atoms with E-state index in [2.05, 4.69) is 0 Å². The van der Waals surface area contributed by atoms with E-state index in [1.807, 2.05) is 0 Å². The van der Waals surface area contributed by atoms with Crippen LogP contribution < -0.4 is 0 Å². The SMILES string of the molecule is CC(=N)OCc1ccc([N+](=O)[O-])cc1. The Hall–Kier alpha value is -1.91. The Morgan fingerprint density at radius 2 is 2.07 bits per heavy atom. The summed E-state index contributed by atoms with van der Waals surface area (Å²) < 4.78 is 4.94. The summed E-state index contributed by atoms with van der Waals surface area (Å²) in [6.45, 7) is 1.80. The molecule has 0 bridgehead atoms. The second-order valence-electron chi connectivity index (χ2n) is 2.77. The Labute approximate surface area is 81.0 Å². The summed E-state index contributed by atoms with van der Waals surface area (Å²) in [6, 6.07) is 6.05. The molecule has 0 atom stereocenters. The number of rotatable bonds is 3. The number of nitro benzene ring substituents is 1. The largest absolute Gasteiger partial charge is 0.477 e. The molecule has 0 spiro atoms. The highest BCUT2D eigenvalue weighted by Crippen LogP contribution is 2.12. The highest BCUT2D eigenvalue weighted by Gasteiger charge is 2.03. The first-order valence-corrected chi connectivity index (χ1v) is 4.01. The summed E-state index contributed by atoms with van der Waals surface area (Å²) in [5.41, 5.74) is 0.863. The highest BCUT2D eigenvalue weighted by molar-refractivity contribution is 5.69. The first-order valence-electron chi connectivity index (χ1n) is 4.01. The van der Waals surface area contributed by atoms with Gasteiger partial charge in [0.05, 0.1) is 4.92 Å². The molecule has 1 aromatic rings. The van der Waals surface area contributed by atoms with E-state index >= 15 is 0 Å². The summed E-state index contributed by atoms with van der Waals surface area (Å²) in [7, 11) is 0. The average molecular weight is 194 g/mol. The van der Waals surface area contributed by atoms with E-state index in [1.165, 1.54) is 19.1 Å². The highest BCUT2D eigenvalue weighted by atomic mass is 16.6. The van der Waals surface area contributed by atoms with Gasteiger partial charge in [-0.3, -0.25) is 15.5 Å². The summed E-state index contributed by atoms with van der Waals surface area (Å²) in [4.78, 5) is 9.87. The number of nitrogens with one attached hydrogen (secondary N) is 1. The van der Waals surface area contributed by atoms with Gasteiger partial charge in [0.15, 0.2) is 5.90 Å². The Morgan fingerprint density at radius 1 is 1.50 bits per heavy atom. The van der Waals surface area contributed by atoms with Crippen LogP contribution in [0, 0.1) is 15.5 Å². The van der Waals surface area contributed by atoms with E-state index in [0.717, 1.165) is 5.56 Å². The molecule has 5 heteroatoms. The van der Waals surface area contributed by atoms with Gasteiger partial charge in [-0.15, -0.1) is 0 Å². The van der Waals surface area contributed by atoms with Crippen molar-refractivity contribution < 1.29 is 9.66 Å². The van der Waals surface area contributed by atoms with Crippen LogP contribution in [0.15, 0.2) is 24.3 Å². The van der Waals surface area contributed by atoms with Crippen LogP contribution in [0.1, 0.15) is 12.5 Å². The molecular formula is C9H10N2O3. The molecule has 1 N–H and O–H groups in total. The zero-order valence-corrected chi connectivity index (χ0v) is 7.69. The fraction of sp³-hybridized carbons (Fsp3) is 0.222. The van der Waals surface area contributed by atoms with Gasteiger partial charge in [0.2, 0.25) is 0 Å². The molecule has 14 heavy (non-hydrogen) atoms. The van der Waals surface area contributed by atoms with Crippen molar-refractivity contribution in [1.29, 1.82) is 5.41 Å². The Kier molecular flexibility index (Phi) is 3.17. The van der Waals surface area contributed by atoms with E-state index in [0.29, 0.717) is 0 Å². The second-order valence-corrected chi connectivity index (χ2v) is 2.77. The first kappa shape index (κ1) is 10.2. The lowest BCUT2D eigenvalue weighted by Crippen LogP contribution is -1.98. The quantitative estimate of drug-likeness (QED) is 0.346. The summed E-state index contributed by atoms with van der Waals surface area (Å²) in [5, 5.41) is 17.3. The van der Waals surface area contributed by atoms with E-state index in [1.54, 1.807) is 12.1 Å². The van der Waals surface area contributed by atoms with Gasteiger partial charge in [-0.05, 0) is 17.7 Å². The molecule has 0 aliphatic heterocycles. The van der Waals surface area contributed by atoms with Crippen LogP contribution in [0.4, 0.5) is 5.69 Å². The lowest BCUT2D eigenvalue weighted by atomic mass is 10.2. The molecule has 0 unspecified atom stereocenters. The number of ether oxygens (including phenoxy) is 1. The van der Waals surface area contributed by atoms with Crippen LogP contribution in [0.5, 0.6) is 0 Å². The monoisotopic (exact) mass is 194 g/mol. The minimum absolute atomic E-state index is 0.0559. The number of hydrogen-bond donors (Lipinski definition) is 1. The maximum Gasteiger partial charge on any atom is 0.269 e. The van der Waals surface area contributed by atoms with Crippen molar-refractivity contribution in [3.05, 3.63) is 39.9 Å². The molecule has 0 radical (unpaired) electrons. The molecule has 5 nitrogen and oxygen atoms in total. The topological polar surface area (TPSA) is 76.2 Å².